The standard InChI is InChI=1S/C20H32N4O2.ClH/c1-2-3-11-17(14-21)23-18(25)20(12-7-8-13-20)24-19(26)22-15-16-9-5-4-6-10-16;/h4-6,9-10,17H,2-3,7-8,11-15,21H2,1H3,(H,23,25)(H2,22,24,26);1H. The molecule has 1 aromatic rings. The topological polar surface area (TPSA) is 96.2 Å². The van der Waals surface area contributed by atoms with Crippen LogP contribution in [0.2, 0.25) is 0 Å². The molecule has 1 fully saturated rings. The summed E-state index contributed by atoms with van der Waals surface area (Å²) in [6, 6.07) is 9.38. The molecule has 1 aromatic carbocycles. The molecule has 1 unspecified atom stereocenters. The van der Waals surface area contributed by atoms with Gasteiger partial charge in [-0.1, -0.05) is 62.9 Å². The number of urea groups is 1. The molecule has 0 radical (unpaired) electrons. The molecule has 1 atom stereocenters. The number of carbonyl (C=O) groups excluding carboxylic acids is 2. The van der Waals surface area contributed by atoms with E-state index < -0.39 is 5.54 Å². The van der Waals surface area contributed by atoms with Crippen LogP contribution in [0.4, 0.5) is 4.79 Å². The number of unbranched alkanes of at least 4 members (excludes halogenated alkanes) is 1. The van der Waals surface area contributed by atoms with Gasteiger partial charge in [-0.05, 0) is 24.8 Å². The molecule has 5 N–H and O–H groups in total. The molecule has 2 rings (SSSR count). The number of carbonyl (C=O) groups is 2. The molecule has 0 bridgehead atoms. The summed E-state index contributed by atoms with van der Waals surface area (Å²) in [4.78, 5) is 25.3. The van der Waals surface area contributed by atoms with Gasteiger partial charge in [0.1, 0.15) is 5.54 Å². The third-order valence-electron chi connectivity index (χ3n) is 5.07. The summed E-state index contributed by atoms with van der Waals surface area (Å²) in [6.45, 7) is 2.97. The number of nitrogens with two attached hydrogens (primary N) is 1. The molecule has 3 amide bonds. The molecule has 7 heteroatoms. The van der Waals surface area contributed by atoms with E-state index in [0.29, 0.717) is 25.9 Å². The highest BCUT2D eigenvalue weighted by Crippen LogP contribution is 2.30. The van der Waals surface area contributed by atoms with Crippen LogP contribution < -0.4 is 21.7 Å². The number of hydrogen-bond acceptors (Lipinski definition) is 3. The molecule has 27 heavy (non-hydrogen) atoms. The van der Waals surface area contributed by atoms with Gasteiger partial charge in [-0.15, -0.1) is 12.4 Å². The summed E-state index contributed by atoms with van der Waals surface area (Å²) in [5, 5.41) is 8.85. The Kier molecular flexibility index (Phi) is 10.2. The summed E-state index contributed by atoms with van der Waals surface area (Å²) >= 11 is 0. The maximum absolute atomic E-state index is 12.9. The van der Waals surface area contributed by atoms with Gasteiger partial charge < -0.3 is 21.7 Å². The Morgan fingerprint density at radius 2 is 1.85 bits per heavy atom. The van der Waals surface area contributed by atoms with Gasteiger partial charge in [0.2, 0.25) is 5.91 Å². The van der Waals surface area contributed by atoms with Crippen molar-refractivity contribution in [3.63, 3.8) is 0 Å². The van der Waals surface area contributed by atoms with Crippen molar-refractivity contribution in [3.8, 4) is 0 Å². The highest BCUT2D eigenvalue weighted by Gasteiger charge is 2.42. The molecule has 0 aliphatic heterocycles. The summed E-state index contributed by atoms with van der Waals surface area (Å²) in [6.07, 6.45) is 6.18. The smallest absolute Gasteiger partial charge is 0.315 e. The van der Waals surface area contributed by atoms with Gasteiger partial charge in [0, 0.05) is 19.1 Å². The average Bonchev–Trinajstić information content (AvgIpc) is 3.14. The third kappa shape index (κ3) is 7.03. The Labute approximate surface area is 168 Å². The van der Waals surface area contributed by atoms with Crippen molar-refractivity contribution in [1.82, 2.24) is 16.0 Å². The predicted molar refractivity (Wildman–Crippen MR) is 111 cm³/mol. The van der Waals surface area contributed by atoms with Crippen LogP contribution in [0.3, 0.4) is 0 Å². The van der Waals surface area contributed by atoms with E-state index in [9.17, 15) is 9.59 Å². The highest BCUT2D eigenvalue weighted by atomic mass is 35.5. The van der Waals surface area contributed by atoms with Crippen molar-refractivity contribution in [3.05, 3.63) is 35.9 Å². The lowest BCUT2D eigenvalue weighted by atomic mass is 9.95. The molecule has 1 saturated carbocycles. The second-order valence-corrected chi connectivity index (χ2v) is 7.13. The quantitative estimate of drug-likeness (QED) is 0.516. The lowest BCUT2D eigenvalue weighted by Gasteiger charge is -2.31. The molecular formula is C20H33ClN4O2. The van der Waals surface area contributed by atoms with Gasteiger partial charge in [0.15, 0.2) is 0 Å². The molecule has 0 saturated heterocycles. The minimum Gasteiger partial charge on any atom is -0.350 e. The maximum Gasteiger partial charge on any atom is 0.315 e. The van der Waals surface area contributed by atoms with Crippen LogP contribution in [0.15, 0.2) is 30.3 Å². The molecule has 0 spiro atoms. The number of amides is 3. The van der Waals surface area contributed by atoms with Crippen LogP contribution >= 0.6 is 12.4 Å². The number of halogens is 1. The highest BCUT2D eigenvalue weighted by molar-refractivity contribution is 5.91. The second kappa shape index (κ2) is 11.8. The van der Waals surface area contributed by atoms with E-state index in [1.165, 1.54) is 0 Å². The van der Waals surface area contributed by atoms with Crippen molar-refractivity contribution >= 4 is 24.3 Å². The summed E-state index contributed by atoms with van der Waals surface area (Å²) in [5.41, 5.74) is 6.01. The number of nitrogens with one attached hydrogen (secondary N) is 3. The van der Waals surface area contributed by atoms with Crippen molar-refractivity contribution in [1.29, 1.82) is 0 Å². The van der Waals surface area contributed by atoms with Crippen molar-refractivity contribution in [2.24, 2.45) is 5.73 Å². The van der Waals surface area contributed by atoms with Crippen LogP contribution in [-0.2, 0) is 11.3 Å². The van der Waals surface area contributed by atoms with Gasteiger partial charge in [0.05, 0.1) is 0 Å². The van der Waals surface area contributed by atoms with E-state index >= 15 is 0 Å². The van der Waals surface area contributed by atoms with Crippen LogP contribution in [0.25, 0.3) is 0 Å². The zero-order chi connectivity index (χ0) is 18.8. The fraction of sp³-hybridized carbons (Fsp3) is 0.600. The Morgan fingerprint density at radius 1 is 1.19 bits per heavy atom. The number of hydrogen-bond donors (Lipinski definition) is 4. The molecule has 0 aromatic heterocycles. The van der Waals surface area contributed by atoms with Gasteiger partial charge >= 0.3 is 6.03 Å². The van der Waals surface area contributed by atoms with Crippen LogP contribution in [0.5, 0.6) is 0 Å². The SMILES string of the molecule is CCCCC(CN)NC(=O)C1(NC(=O)NCc2ccccc2)CCCC1.Cl. The lowest BCUT2D eigenvalue weighted by molar-refractivity contribution is -0.127. The maximum atomic E-state index is 12.9. The minimum absolute atomic E-state index is 0. The third-order valence-corrected chi connectivity index (χ3v) is 5.07. The van der Waals surface area contributed by atoms with Gasteiger partial charge in [0.25, 0.3) is 0 Å². The lowest BCUT2D eigenvalue weighted by Crippen LogP contribution is -2.61. The summed E-state index contributed by atoms with van der Waals surface area (Å²) in [5.74, 6) is -0.101. The predicted octanol–water partition coefficient (Wildman–Crippen LogP) is 2.85. The first-order chi connectivity index (χ1) is 12.6. The first kappa shape index (κ1) is 23.2. The summed E-state index contributed by atoms with van der Waals surface area (Å²) < 4.78 is 0. The monoisotopic (exact) mass is 396 g/mol. The van der Waals surface area contributed by atoms with E-state index in [1.807, 2.05) is 30.3 Å². The van der Waals surface area contributed by atoms with Gasteiger partial charge in [-0.2, -0.15) is 0 Å². The normalized spacial score (nSPS) is 16.1. The molecule has 6 nitrogen and oxygen atoms in total. The zero-order valence-corrected chi connectivity index (χ0v) is 16.9. The van der Waals surface area contributed by atoms with Crippen LogP contribution in [-0.4, -0.2) is 30.1 Å². The summed E-state index contributed by atoms with van der Waals surface area (Å²) in [7, 11) is 0. The fourth-order valence-corrected chi connectivity index (χ4v) is 3.45. The molecule has 0 heterocycles. The fourth-order valence-electron chi connectivity index (χ4n) is 3.45. The number of rotatable bonds is 9. The first-order valence-corrected chi connectivity index (χ1v) is 9.70. The Bertz CT molecular complexity index is 577. The average molecular weight is 397 g/mol. The van der Waals surface area contributed by atoms with E-state index in [2.05, 4.69) is 22.9 Å². The molecular weight excluding hydrogens is 364 g/mol. The van der Waals surface area contributed by atoms with Crippen molar-refractivity contribution in [2.45, 2.75) is 70.0 Å². The molecule has 1 aliphatic carbocycles. The second-order valence-electron chi connectivity index (χ2n) is 7.13. The van der Waals surface area contributed by atoms with Crippen molar-refractivity contribution in [2.75, 3.05) is 6.54 Å². The Morgan fingerprint density at radius 3 is 2.44 bits per heavy atom. The Hall–Kier alpha value is -1.79. The molecule has 1 aliphatic rings. The van der Waals surface area contributed by atoms with E-state index in [1.54, 1.807) is 0 Å². The van der Waals surface area contributed by atoms with Crippen molar-refractivity contribution < 1.29 is 9.59 Å². The van der Waals surface area contributed by atoms with Crippen LogP contribution in [0.1, 0.15) is 57.4 Å². The Balaban J connectivity index is 0.00000364. The van der Waals surface area contributed by atoms with E-state index in [0.717, 1.165) is 37.7 Å². The minimum atomic E-state index is -0.819. The van der Waals surface area contributed by atoms with Crippen LogP contribution in [0, 0.1) is 0 Å². The van der Waals surface area contributed by atoms with Gasteiger partial charge in [-0.25, -0.2) is 4.79 Å². The van der Waals surface area contributed by atoms with E-state index in [4.69, 9.17) is 5.73 Å². The first-order valence-electron chi connectivity index (χ1n) is 9.70. The van der Waals surface area contributed by atoms with Gasteiger partial charge in [-0.3, -0.25) is 4.79 Å². The number of benzene rings is 1. The van der Waals surface area contributed by atoms with E-state index in [-0.39, 0.29) is 30.4 Å². The molecule has 152 valence electrons. The largest absolute Gasteiger partial charge is 0.350 e. The zero-order valence-electron chi connectivity index (χ0n) is 16.1.